The fraction of sp³-hybridized carbons (Fsp3) is 0.158. The number of rotatable bonds is 7. The zero-order chi connectivity index (χ0) is 20.2. The fourth-order valence-corrected chi connectivity index (χ4v) is 4.44. The van der Waals surface area contributed by atoms with Crippen LogP contribution in [0.3, 0.4) is 0 Å². The number of nitrogens with one attached hydrogen (secondary N) is 1. The number of carbonyl (C=O) groups excluding carboxylic acids is 1. The topological polar surface area (TPSA) is 81.3 Å². The maximum absolute atomic E-state index is 12.3. The molecule has 4 aromatic rings. The van der Waals surface area contributed by atoms with E-state index in [-0.39, 0.29) is 17.2 Å². The summed E-state index contributed by atoms with van der Waals surface area (Å²) in [6, 6.07) is 11.2. The minimum atomic E-state index is -0.124. The van der Waals surface area contributed by atoms with E-state index in [1.807, 2.05) is 29.6 Å². The van der Waals surface area contributed by atoms with Crippen LogP contribution in [0.5, 0.6) is 0 Å². The van der Waals surface area contributed by atoms with Crippen LogP contribution < -0.4 is 10.9 Å². The van der Waals surface area contributed by atoms with Crippen LogP contribution in [0.15, 0.2) is 63.4 Å². The molecular formula is C19H16BrN5O2S2. The Bertz CT molecular complexity index is 1200. The molecule has 0 aliphatic carbocycles. The molecule has 0 saturated heterocycles. The van der Waals surface area contributed by atoms with E-state index in [4.69, 9.17) is 0 Å². The van der Waals surface area contributed by atoms with Crippen LogP contribution in [0.25, 0.3) is 4.96 Å². The standard InChI is InChI=1S/C19H16BrN5O2S2/c20-14-3-1-13(2-4-14)10-25-16(5-6-21-25)23-17(26)12-28-11-15-9-18(27)24-7-8-29-19(24)22-15/h1-9H,10-12H2,(H,23,26). The predicted octanol–water partition coefficient (Wildman–Crippen LogP) is 3.64. The Balaban J connectivity index is 1.32. The Morgan fingerprint density at radius 1 is 1.24 bits per heavy atom. The number of amides is 1. The zero-order valence-corrected chi connectivity index (χ0v) is 18.3. The third-order valence-electron chi connectivity index (χ3n) is 4.07. The minimum Gasteiger partial charge on any atom is -0.310 e. The molecule has 1 N–H and O–H groups in total. The maximum Gasteiger partial charge on any atom is 0.258 e. The van der Waals surface area contributed by atoms with Gasteiger partial charge < -0.3 is 5.32 Å². The number of aromatic nitrogens is 4. The van der Waals surface area contributed by atoms with Crippen molar-refractivity contribution in [2.24, 2.45) is 0 Å². The molecule has 0 aliphatic heterocycles. The number of nitrogens with zero attached hydrogens (tertiary/aromatic N) is 4. The summed E-state index contributed by atoms with van der Waals surface area (Å²) < 4.78 is 4.28. The van der Waals surface area contributed by atoms with Gasteiger partial charge in [-0.05, 0) is 17.7 Å². The molecule has 0 fully saturated rings. The summed E-state index contributed by atoms with van der Waals surface area (Å²) in [6.07, 6.45) is 3.37. The molecule has 4 rings (SSSR count). The van der Waals surface area contributed by atoms with E-state index in [2.05, 4.69) is 31.3 Å². The van der Waals surface area contributed by atoms with Gasteiger partial charge in [-0.2, -0.15) is 5.10 Å². The molecule has 0 bridgehead atoms. The van der Waals surface area contributed by atoms with Gasteiger partial charge in [0.2, 0.25) is 5.91 Å². The molecule has 3 aromatic heterocycles. The van der Waals surface area contributed by atoms with Crippen molar-refractivity contribution >= 4 is 55.7 Å². The van der Waals surface area contributed by atoms with Crippen molar-refractivity contribution in [2.45, 2.75) is 12.3 Å². The molecule has 0 saturated carbocycles. The van der Waals surface area contributed by atoms with Crippen molar-refractivity contribution in [3.05, 3.63) is 80.3 Å². The monoisotopic (exact) mass is 489 g/mol. The highest BCUT2D eigenvalue weighted by Crippen LogP contribution is 2.16. The van der Waals surface area contributed by atoms with Crippen LogP contribution in [0.1, 0.15) is 11.3 Å². The fourth-order valence-electron chi connectivity index (χ4n) is 2.72. The molecule has 0 aliphatic rings. The number of carbonyl (C=O) groups is 1. The first-order valence-corrected chi connectivity index (χ1v) is 11.5. The lowest BCUT2D eigenvalue weighted by molar-refractivity contribution is -0.113. The normalized spacial score (nSPS) is 11.1. The Kier molecular flexibility index (Phi) is 6.12. The lowest BCUT2D eigenvalue weighted by Gasteiger charge is -2.09. The zero-order valence-electron chi connectivity index (χ0n) is 15.1. The molecule has 0 atom stereocenters. The van der Waals surface area contributed by atoms with Crippen molar-refractivity contribution in [1.29, 1.82) is 0 Å². The first-order valence-electron chi connectivity index (χ1n) is 8.68. The molecule has 10 heteroatoms. The lowest BCUT2D eigenvalue weighted by atomic mass is 10.2. The molecule has 3 heterocycles. The molecule has 0 spiro atoms. The van der Waals surface area contributed by atoms with Gasteiger partial charge in [-0.3, -0.25) is 14.0 Å². The number of benzene rings is 1. The molecule has 7 nitrogen and oxygen atoms in total. The molecule has 0 unspecified atom stereocenters. The van der Waals surface area contributed by atoms with Gasteiger partial charge in [0.1, 0.15) is 5.82 Å². The summed E-state index contributed by atoms with van der Waals surface area (Å²) >= 11 is 6.25. The molecule has 148 valence electrons. The van der Waals surface area contributed by atoms with Crippen molar-refractivity contribution in [3.63, 3.8) is 0 Å². The van der Waals surface area contributed by atoms with Crippen LogP contribution >= 0.6 is 39.0 Å². The second-order valence-corrected chi connectivity index (χ2v) is 8.96. The van der Waals surface area contributed by atoms with E-state index < -0.39 is 0 Å². The van der Waals surface area contributed by atoms with Crippen molar-refractivity contribution < 1.29 is 4.79 Å². The lowest BCUT2D eigenvalue weighted by Crippen LogP contribution is -2.18. The SMILES string of the molecule is O=C(CSCc1cc(=O)n2ccsc2n1)Nc1ccnn1Cc1ccc(Br)cc1. The Hall–Kier alpha value is -2.43. The van der Waals surface area contributed by atoms with Gasteiger partial charge in [-0.25, -0.2) is 9.67 Å². The summed E-state index contributed by atoms with van der Waals surface area (Å²) in [7, 11) is 0. The van der Waals surface area contributed by atoms with Crippen molar-refractivity contribution in [2.75, 3.05) is 11.1 Å². The van der Waals surface area contributed by atoms with E-state index in [0.29, 0.717) is 28.8 Å². The third-order valence-corrected chi connectivity index (χ3v) is 6.32. The Labute approximate surface area is 182 Å². The van der Waals surface area contributed by atoms with Crippen LogP contribution in [0.4, 0.5) is 5.82 Å². The number of halogens is 1. The molecule has 1 amide bonds. The summed E-state index contributed by atoms with van der Waals surface area (Å²) in [4.78, 5) is 29.4. The van der Waals surface area contributed by atoms with E-state index in [9.17, 15) is 9.59 Å². The van der Waals surface area contributed by atoms with E-state index in [1.165, 1.54) is 33.6 Å². The van der Waals surface area contributed by atoms with Crippen LogP contribution in [0, 0.1) is 0 Å². The average molecular weight is 490 g/mol. The highest BCUT2D eigenvalue weighted by atomic mass is 79.9. The predicted molar refractivity (Wildman–Crippen MR) is 120 cm³/mol. The van der Waals surface area contributed by atoms with Gasteiger partial charge in [-0.1, -0.05) is 28.1 Å². The molecule has 29 heavy (non-hydrogen) atoms. The largest absolute Gasteiger partial charge is 0.310 e. The number of anilines is 1. The van der Waals surface area contributed by atoms with Gasteiger partial charge >= 0.3 is 0 Å². The van der Waals surface area contributed by atoms with Crippen LogP contribution in [0.2, 0.25) is 0 Å². The number of thiazole rings is 1. The number of hydrogen-bond acceptors (Lipinski definition) is 6. The van der Waals surface area contributed by atoms with Gasteiger partial charge in [0, 0.05) is 33.9 Å². The molecule has 1 aromatic carbocycles. The Morgan fingerprint density at radius 3 is 2.90 bits per heavy atom. The summed E-state index contributed by atoms with van der Waals surface area (Å²) in [5.74, 6) is 1.28. The second kappa shape index (κ2) is 8.93. The number of hydrogen-bond donors (Lipinski definition) is 1. The van der Waals surface area contributed by atoms with Crippen LogP contribution in [-0.2, 0) is 17.1 Å². The van der Waals surface area contributed by atoms with E-state index in [0.717, 1.165) is 10.0 Å². The summed E-state index contributed by atoms with van der Waals surface area (Å²) in [5.41, 5.74) is 1.66. The van der Waals surface area contributed by atoms with Gasteiger partial charge in [0.05, 0.1) is 24.2 Å². The first kappa shape index (κ1) is 19.9. The van der Waals surface area contributed by atoms with Crippen LogP contribution in [-0.4, -0.2) is 30.8 Å². The van der Waals surface area contributed by atoms with E-state index >= 15 is 0 Å². The summed E-state index contributed by atoms with van der Waals surface area (Å²) in [6.45, 7) is 0.567. The summed E-state index contributed by atoms with van der Waals surface area (Å²) in [5, 5.41) is 9.00. The average Bonchev–Trinajstić information content (AvgIpc) is 3.33. The molecule has 0 radical (unpaired) electrons. The Morgan fingerprint density at radius 2 is 2.07 bits per heavy atom. The smallest absolute Gasteiger partial charge is 0.258 e. The molecular weight excluding hydrogens is 474 g/mol. The van der Waals surface area contributed by atoms with E-state index in [1.54, 1.807) is 23.1 Å². The second-order valence-electron chi connectivity index (χ2n) is 6.18. The van der Waals surface area contributed by atoms with Crippen molar-refractivity contribution in [3.8, 4) is 0 Å². The van der Waals surface area contributed by atoms with Gasteiger partial charge in [-0.15, -0.1) is 23.1 Å². The number of fused-ring (bicyclic) bond motifs is 1. The highest BCUT2D eigenvalue weighted by Gasteiger charge is 2.09. The number of thioether (sulfide) groups is 1. The van der Waals surface area contributed by atoms with Gasteiger partial charge in [0.25, 0.3) is 5.56 Å². The highest BCUT2D eigenvalue weighted by molar-refractivity contribution is 9.10. The first-order chi connectivity index (χ1) is 14.1. The van der Waals surface area contributed by atoms with Gasteiger partial charge in [0.15, 0.2) is 4.96 Å². The third kappa shape index (κ3) is 4.95. The minimum absolute atomic E-state index is 0.104. The quantitative estimate of drug-likeness (QED) is 0.428. The maximum atomic E-state index is 12.3. The van der Waals surface area contributed by atoms with Crippen molar-refractivity contribution in [1.82, 2.24) is 19.2 Å².